The van der Waals surface area contributed by atoms with E-state index in [2.05, 4.69) is 9.80 Å². The second-order valence-electron chi connectivity index (χ2n) is 5.87. The SMILES string of the molecule is NC(=O)c1cc(N2CCN(CC3CC3)CC2)ccc1N. The smallest absolute Gasteiger partial charge is 0.250 e. The van der Waals surface area contributed by atoms with Gasteiger partial charge in [0, 0.05) is 44.1 Å². The van der Waals surface area contributed by atoms with Crippen molar-refractivity contribution >= 4 is 17.3 Å². The molecule has 0 spiro atoms. The Bertz CT molecular complexity index is 505. The first kappa shape index (κ1) is 13.2. The number of nitrogens with two attached hydrogens (primary N) is 2. The van der Waals surface area contributed by atoms with Gasteiger partial charge in [0.15, 0.2) is 0 Å². The zero-order valence-corrected chi connectivity index (χ0v) is 11.7. The molecule has 4 N–H and O–H groups in total. The van der Waals surface area contributed by atoms with E-state index in [4.69, 9.17) is 11.5 Å². The summed E-state index contributed by atoms with van der Waals surface area (Å²) in [6.45, 7) is 5.42. The van der Waals surface area contributed by atoms with Gasteiger partial charge in [-0.05, 0) is 37.0 Å². The number of carbonyl (C=O) groups is 1. The highest BCUT2D eigenvalue weighted by Crippen LogP contribution is 2.30. The first-order valence-corrected chi connectivity index (χ1v) is 7.30. The molecule has 1 saturated carbocycles. The lowest BCUT2D eigenvalue weighted by Gasteiger charge is -2.36. The number of hydrogen-bond acceptors (Lipinski definition) is 4. The van der Waals surface area contributed by atoms with Gasteiger partial charge in [-0.2, -0.15) is 0 Å². The van der Waals surface area contributed by atoms with E-state index in [1.807, 2.05) is 12.1 Å². The van der Waals surface area contributed by atoms with Crippen LogP contribution in [-0.2, 0) is 0 Å². The Morgan fingerprint density at radius 3 is 2.50 bits per heavy atom. The molecule has 2 aliphatic rings. The molecule has 1 saturated heterocycles. The Morgan fingerprint density at radius 1 is 1.20 bits per heavy atom. The lowest BCUT2D eigenvalue weighted by molar-refractivity contribution is 0.100. The second-order valence-corrected chi connectivity index (χ2v) is 5.87. The summed E-state index contributed by atoms with van der Waals surface area (Å²) in [5.74, 6) is 0.483. The molecule has 0 bridgehead atoms. The number of nitrogens with zero attached hydrogens (tertiary/aromatic N) is 2. The maximum absolute atomic E-state index is 11.4. The highest BCUT2D eigenvalue weighted by atomic mass is 16.1. The largest absolute Gasteiger partial charge is 0.398 e. The number of piperazine rings is 1. The Labute approximate surface area is 119 Å². The van der Waals surface area contributed by atoms with Crippen LogP contribution in [0.5, 0.6) is 0 Å². The normalized spacial score (nSPS) is 20.1. The van der Waals surface area contributed by atoms with Gasteiger partial charge < -0.3 is 16.4 Å². The number of nitrogen functional groups attached to an aromatic ring is 1. The molecule has 5 nitrogen and oxygen atoms in total. The molecule has 108 valence electrons. The number of amides is 1. The maximum Gasteiger partial charge on any atom is 0.250 e. The fourth-order valence-electron chi connectivity index (χ4n) is 2.81. The van der Waals surface area contributed by atoms with E-state index in [0.29, 0.717) is 11.3 Å². The summed E-state index contributed by atoms with van der Waals surface area (Å²) in [6, 6.07) is 5.55. The standard InChI is InChI=1S/C15H22N4O/c16-14-4-3-12(9-13(14)15(17)20)19-7-5-18(6-8-19)10-11-1-2-11/h3-4,9,11H,1-2,5-8,10,16H2,(H2,17,20). The van der Waals surface area contributed by atoms with Crippen LogP contribution < -0.4 is 16.4 Å². The molecule has 0 atom stereocenters. The zero-order valence-electron chi connectivity index (χ0n) is 11.7. The predicted molar refractivity (Wildman–Crippen MR) is 80.7 cm³/mol. The molecule has 5 heteroatoms. The van der Waals surface area contributed by atoms with Crippen molar-refractivity contribution in [2.24, 2.45) is 11.7 Å². The van der Waals surface area contributed by atoms with Crippen LogP contribution in [0.4, 0.5) is 11.4 Å². The first-order chi connectivity index (χ1) is 9.63. The fraction of sp³-hybridized carbons (Fsp3) is 0.533. The molecule has 0 unspecified atom stereocenters. The molecule has 1 aromatic rings. The van der Waals surface area contributed by atoms with Gasteiger partial charge in [0.25, 0.3) is 5.91 Å². The van der Waals surface area contributed by atoms with Crippen molar-refractivity contribution in [3.8, 4) is 0 Å². The van der Waals surface area contributed by atoms with Crippen molar-refractivity contribution < 1.29 is 4.79 Å². The Hall–Kier alpha value is -1.75. The minimum atomic E-state index is -0.461. The van der Waals surface area contributed by atoms with E-state index in [9.17, 15) is 4.79 Å². The predicted octanol–water partition coefficient (Wildman–Crippen LogP) is 0.900. The molecule has 1 aliphatic carbocycles. The van der Waals surface area contributed by atoms with Crippen LogP contribution in [0.25, 0.3) is 0 Å². The lowest BCUT2D eigenvalue weighted by atomic mass is 10.1. The van der Waals surface area contributed by atoms with Gasteiger partial charge in [-0.1, -0.05) is 0 Å². The summed E-state index contributed by atoms with van der Waals surface area (Å²) in [5.41, 5.74) is 13.0. The topological polar surface area (TPSA) is 75.6 Å². The highest BCUT2D eigenvalue weighted by molar-refractivity contribution is 5.99. The van der Waals surface area contributed by atoms with Crippen LogP contribution in [0.15, 0.2) is 18.2 Å². The molecular formula is C15H22N4O. The molecule has 1 aliphatic heterocycles. The van der Waals surface area contributed by atoms with E-state index in [1.165, 1.54) is 19.4 Å². The first-order valence-electron chi connectivity index (χ1n) is 7.30. The summed E-state index contributed by atoms with van der Waals surface area (Å²) in [7, 11) is 0. The molecule has 20 heavy (non-hydrogen) atoms. The van der Waals surface area contributed by atoms with E-state index in [-0.39, 0.29) is 0 Å². The van der Waals surface area contributed by atoms with Crippen LogP contribution in [0.2, 0.25) is 0 Å². The van der Waals surface area contributed by atoms with Gasteiger partial charge >= 0.3 is 0 Å². The van der Waals surface area contributed by atoms with E-state index in [1.54, 1.807) is 6.07 Å². The molecule has 3 rings (SSSR count). The van der Waals surface area contributed by atoms with Gasteiger partial charge in [-0.25, -0.2) is 0 Å². The number of rotatable bonds is 4. The maximum atomic E-state index is 11.4. The summed E-state index contributed by atoms with van der Waals surface area (Å²) in [4.78, 5) is 16.2. The summed E-state index contributed by atoms with van der Waals surface area (Å²) in [6.07, 6.45) is 2.81. The third-order valence-corrected chi connectivity index (χ3v) is 4.25. The summed E-state index contributed by atoms with van der Waals surface area (Å²) < 4.78 is 0. The van der Waals surface area contributed by atoms with Crippen molar-refractivity contribution in [2.75, 3.05) is 43.4 Å². The molecular weight excluding hydrogens is 252 g/mol. The highest BCUT2D eigenvalue weighted by Gasteiger charge is 2.26. The molecule has 1 heterocycles. The molecule has 2 fully saturated rings. The van der Waals surface area contributed by atoms with Gasteiger partial charge in [-0.3, -0.25) is 9.69 Å². The van der Waals surface area contributed by atoms with E-state index < -0.39 is 5.91 Å². The van der Waals surface area contributed by atoms with Gasteiger partial charge in [0.2, 0.25) is 0 Å². The lowest BCUT2D eigenvalue weighted by Crippen LogP contribution is -2.47. The van der Waals surface area contributed by atoms with Crippen molar-refractivity contribution in [2.45, 2.75) is 12.8 Å². The van der Waals surface area contributed by atoms with Gasteiger partial charge in [-0.15, -0.1) is 0 Å². The Morgan fingerprint density at radius 2 is 1.90 bits per heavy atom. The van der Waals surface area contributed by atoms with E-state index in [0.717, 1.165) is 37.8 Å². The Balaban J connectivity index is 1.65. The van der Waals surface area contributed by atoms with E-state index >= 15 is 0 Å². The Kier molecular flexibility index (Phi) is 3.53. The third-order valence-electron chi connectivity index (χ3n) is 4.25. The van der Waals surface area contributed by atoms with Crippen molar-refractivity contribution in [1.82, 2.24) is 4.90 Å². The molecule has 1 aromatic carbocycles. The summed E-state index contributed by atoms with van der Waals surface area (Å²) >= 11 is 0. The van der Waals surface area contributed by atoms with Crippen molar-refractivity contribution in [1.29, 1.82) is 0 Å². The van der Waals surface area contributed by atoms with Crippen LogP contribution in [-0.4, -0.2) is 43.5 Å². The second kappa shape index (κ2) is 5.32. The van der Waals surface area contributed by atoms with Crippen molar-refractivity contribution in [3.05, 3.63) is 23.8 Å². The average Bonchev–Trinajstić information content (AvgIpc) is 3.24. The number of anilines is 2. The minimum Gasteiger partial charge on any atom is -0.398 e. The average molecular weight is 274 g/mol. The zero-order chi connectivity index (χ0) is 14.1. The third kappa shape index (κ3) is 2.88. The summed E-state index contributed by atoms with van der Waals surface area (Å²) in [5, 5.41) is 0. The molecule has 1 amide bonds. The van der Waals surface area contributed by atoms with Crippen LogP contribution in [0, 0.1) is 5.92 Å². The quantitative estimate of drug-likeness (QED) is 0.800. The molecule has 0 radical (unpaired) electrons. The number of hydrogen-bond donors (Lipinski definition) is 2. The number of primary amides is 1. The van der Waals surface area contributed by atoms with Gasteiger partial charge in [0.05, 0.1) is 5.56 Å². The van der Waals surface area contributed by atoms with Gasteiger partial charge in [0.1, 0.15) is 0 Å². The van der Waals surface area contributed by atoms with Crippen LogP contribution in [0.3, 0.4) is 0 Å². The number of carbonyl (C=O) groups excluding carboxylic acids is 1. The van der Waals surface area contributed by atoms with Crippen molar-refractivity contribution in [3.63, 3.8) is 0 Å². The molecule has 0 aromatic heterocycles. The number of benzene rings is 1. The minimum absolute atomic E-state index is 0.419. The van der Waals surface area contributed by atoms with Crippen LogP contribution >= 0.6 is 0 Å². The fourth-order valence-corrected chi connectivity index (χ4v) is 2.81. The van der Waals surface area contributed by atoms with Crippen LogP contribution in [0.1, 0.15) is 23.2 Å². The monoisotopic (exact) mass is 274 g/mol.